The lowest BCUT2D eigenvalue weighted by atomic mass is 9.65. The maximum absolute atomic E-state index is 13.4. The molecule has 0 radical (unpaired) electrons. The first-order chi connectivity index (χ1) is 11.6. The van der Waals surface area contributed by atoms with Crippen molar-refractivity contribution in [2.24, 2.45) is 11.3 Å². The number of hydrogen-bond acceptors (Lipinski definition) is 5. The Balaban J connectivity index is 1.45. The van der Waals surface area contributed by atoms with Crippen molar-refractivity contribution in [1.82, 2.24) is 25.0 Å². The first kappa shape index (κ1) is 15.5. The second-order valence-corrected chi connectivity index (χ2v) is 6.91. The van der Waals surface area contributed by atoms with E-state index in [9.17, 15) is 14.0 Å². The number of H-pyrrole nitrogens is 1. The van der Waals surface area contributed by atoms with Crippen molar-refractivity contribution in [2.45, 2.75) is 19.0 Å². The second kappa shape index (κ2) is 5.80. The highest BCUT2D eigenvalue weighted by Crippen LogP contribution is 2.45. The summed E-state index contributed by atoms with van der Waals surface area (Å²) in [6.45, 7) is 2.56. The standard InChI is InChI=1S/C15H20FN5O3/c16-10-1-3-20(5-10)13(22)11-6-24-4-2-15(11)7-21(8-15)14(23)12-17-9-18-19-12/h9-11H,1-8H2,(H,17,18,19)/t10-,11+/m1/s1. The first-order valence-corrected chi connectivity index (χ1v) is 8.24. The molecule has 1 aromatic rings. The van der Waals surface area contributed by atoms with Crippen molar-refractivity contribution >= 4 is 11.8 Å². The molecule has 8 nitrogen and oxygen atoms in total. The molecule has 3 aliphatic rings. The Morgan fingerprint density at radius 2 is 2.21 bits per heavy atom. The minimum Gasteiger partial charge on any atom is -0.381 e. The molecule has 1 N–H and O–H groups in total. The van der Waals surface area contributed by atoms with Crippen molar-refractivity contribution in [3.63, 3.8) is 0 Å². The van der Waals surface area contributed by atoms with Crippen LogP contribution in [0.15, 0.2) is 6.33 Å². The van der Waals surface area contributed by atoms with E-state index < -0.39 is 6.17 Å². The number of likely N-dealkylation sites (tertiary alicyclic amines) is 2. The van der Waals surface area contributed by atoms with Crippen LogP contribution < -0.4 is 0 Å². The fourth-order valence-corrected chi connectivity index (χ4v) is 3.99. The van der Waals surface area contributed by atoms with E-state index in [1.165, 1.54) is 6.33 Å². The third kappa shape index (κ3) is 2.47. The van der Waals surface area contributed by atoms with Gasteiger partial charge in [-0.05, 0) is 12.8 Å². The SMILES string of the molecule is O=C(c1ncn[nH]1)N1CC2(CCOC[C@H]2C(=O)N2CC[C@@H](F)C2)C1. The zero-order chi connectivity index (χ0) is 16.7. The Hall–Kier alpha value is -2.03. The molecule has 1 aromatic heterocycles. The number of aromatic amines is 1. The largest absolute Gasteiger partial charge is 0.381 e. The summed E-state index contributed by atoms with van der Waals surface area (Å²) in [5.74, 6) is -0.350. The molecule has 0 bridgehead atoms. The van der Waals surface area contributed by atoms with Crippen LogP contribution in [-0.4, -0.2) is 82.4 Å². The van der Waals surface area contributed by atoms with E-state index in [2.05, 4.69) is 15.2 Å². The lowest BCUT2D eigenvalue weighted by Gasteiger charge is -2.55. The number of halogens is 1. The van der Waals surface area contributed by atoms with Gasteiger partial charge in [0.15, 0.2) is 0 Å². The van der Waals surface area contributed by atoms with Crippen molar-refractivity contribution in [3.05, 3.63) is 12.2 Å². The summed E-state index contributed by atoms with van der Waals surface area (Å²) in [6.07, 6.45) is 1.50. The summed E-state index contributed by atoms with van der Waals surface area (Å²) >= 11 is 0. The molecule has 0 aromatic carbocycles. The van der Waals surface area contributed by atoms with E-state index >= 15 is 0 Å². The molecule has 0 aliphatic carbocycles. The molecule has 2 amide bonds. The van der Waals surface area contributed by atoms with Gasteiger partial charge in [-0.2, -0.15) is 5.10 Å². The van der Waals surface area contributed by atoms with Gasteiger partial charge in [0.05, 0.1) is 19.1 Å². The van der Waals surface area contributed by atoms with Crippen LogP contribution in [-0.2, 0) is 9.53 Å². The number of carbonyl (C=O) groups excluding carboxylic acids is 2. The van der Waals surface area contributed by atoms with Gasteiger partial charge in [0.1, 0.15) is 12.5 Å². The molecule has 130 valence electrons. The van der Waals surface area contributed by atoms with Gasteiger partial charge in [-0.1, -0.05) is 0 Å². The van der Waals surface area contributed by atoms with Gasteiger partial charge >= 0.3 is 0 Å². The number of aromatic nitrogens is 3. The molecule has 24 heavy (non-hydrogen) atoms. The number of ether oxygens (including phenoxy) is 1. The summed E-state index contributed by atoms with van der Waals surface area (Å²) in [4.78, 5) is 32.3. The van der Waals surface area contributed by atoms with E-state index in [4.69, 9.17) is 4.74 Å². The van der Waals surface area contributed by atoms with Crippen LogP contribution in [0.3, 0.4) is 0 Å². The Bertz CT molecular complexity index is 631. The van der Waals surface area contributed by atoms with E-state index in [-0.39, 0.29) is 35.5 Å². The molecule has 1 spiro atoms. The summed E-state index contributed by atoms with van der Waals surface area (Å²) in [6, 6.07) is 0. The normalized spacial score (nSPS) is 28.9. The van der Waals surface area contributed by atoms with E-state index in [1.807, 2.05) is 0 Å². The van der Waals surface area contributed by atoms with Crippen molar-refractivity contribution < 1.29 is 18.7 Å². The second-order valence-electron chi connectivity index (χ2n) is 6.91. The number of carbonyl (C=O) groups is 2. The topological polar surface area (TPSA) is 91.4 Å². The van der Waals surface area contributed by atoms with Crippen molar-refractivity contribution in [3.8, 4) is 0 Å². The Morgan fingerprint density at radius 3 is 2.88 bits per heavy atom. The third-order valence-electron chi connectivity index (χ3n) is 5.42. The molecule has 3 aliphatic heterocycles. The predicted octanol–water partition coefficient (Wildman–Crippen LogP) is -0.146. The monoisotopic (exact) mass is 337 g/mol. The van der Waals surface area contributed by atoms with Crippen LogP contribution in [0.25, 0.3) is 0 Å². The smallest absolute Gasteiger partial charge is 0.291 e. The van der Waals surface area contributed by atoms with E-state index in [0.29, 0.717) is 39.3 Å². The predicted molar refractivity (Wildman–Crippen MR) is 79.7 cm³/mol. The van der Waals surface area contributed by atoms with Crippen molar-refractivity contribution in [2.75, 3.05) is 39.4 Å². The highest BCUT2D eigenvalue weighted by Gasteiger charge is 2.55. The van der Waals surface area contributed by atoms with E-state index in [1.54, 1.807) is 9.80 Å². The zero-order valence-corrected chi connectivity index (χ0v) is 13.3. The van der Waals surface area contributed by atoms with Crippen LogP contribution >= 0.6 is 0 Å². The summed E-state index contributed by atoms with van der Waals surface area (Å²) < 4.78 is 18.9. The van der Waals surface area contributed by atoms with Crippen LogP contribution in [0.5, 0.6) is 0 Å². The van der Waals surface area contributed by atoms with Crippen LogP contribution in [0.1, 0.15) is 23.5 Å². The lowest BCUT2D eigenvalue weighted by molar-refractivity contribution is -0.161. The van der Waals surface area contributed by atoms with Crippen molar-refractivity contribution in [1.29, 1.82) is 0 Å². The highest BCUT2D eigenvalue weighted by atomic mass is 19.1. The highest BCUT2D eigenvalue weighted by molar-refractivity contribution is 5.91. The van der Waals surface area contributed by atoms with Gasteiger partial charge in [0.2, 0.25) is 11.7 Å². The summed E-state index contributed by atoms with van der Waals surface area (Å²) in [5, 5.41) is 6.26. The fraction of sp³-hybridized carbons (Fsp3) is 0.733. The number of rotatable bonds is 2. The summed E-state index contributed by atoms with van der Waals surface area (Å²) in [5.41, 5.74) is -0.264. The van der Waals surface area contributed by atoms with E-state index in [0.717, 1.165) is 6.42 Å². The Labute approximate surface area is 138 Å². The molecule has 2 atom stereocenters. The summed E-state index contributed by atoms with van der Waals surface area (Å²) in [7, 11) is 0. The fourth-order valence-electron chi connectivity index (χ4n) is 3.99. The molecular weight excluding hydrogens is 317 g/mol. The van der Waals surface area contributed by atoms with Gasteiger partial charge in [-0.3, -0.25) is 14.7 Å². The van der Waals surface area contributed by atoms with Gasteiger partial charge in [-0.25, -0.2) is 9.37 Å². The molecule has 4 heterocycles. The van der Waals surface area contributed by atoms with Crippen LogP contribution in [0.4, 0.5) is 4.39 Å². The minimum absolute atomic E-state index is 0.0402. The quantitative estimate of drug-likeness (QED) is 0.811. The van der Waals surface area contributed by atoms with Gasteiger partial charge in [0, 0.05) is 31.7 Å². The number of alkyl halides is 1. The molecular formula is C15H20FN5O3. The average molecular weight is 337 g/mol. The molecule has 0 unspecified atom stereocenters. The maximum Gasteiger partial charge on any atom is 0.291 e. The lowest BCUT2D eigenvalue weighted by Crippen LogP contribution is -2.66. The maximum atomic E-state index is 13.4. The molecule has 4 rings (SSSR count). The van der Waals surface area contributed by atoms with Crippen LogP contribution in [0, 0.1) is 11.3 Å². The molecule has 0 saturated carbocycles. The molecule has 3 fully saturated rings. The van der Waals surface area contributed by atoms with Gasteiger partial charge < -0.3 is 14.5 Å². The minimum atomic E-state index is -0.930. The molecule has 9 heteroatoms. The third-order valence-corrected chi connectivity index (χ3v) is 5.42. The number of nitrogens with one attached hydrogen (secondary N) is 1. The van der Waals surface area contributed by atoms with Gasteiger partial charge in [0.25, 0.3) is 5.91 Å². The number of nitrogens with zero attached hydrogens (tertiary/aromatic N) is 4. The number of amides is 2. The first-order valence-electron chi connectivity index (χ1n) is 8.24. The Morgan fingerprint density at radius 1 is 1.38 bits per heavy atom. The van der Waals surface area contributed by atoms with Gasteiger partial charge in [-0.15, -0.1) is 0 Å². The van der Waals surface area contributed by atoms with Crippen LogP contribution in [0.2, 0.25) is 0 Å². The Kier molecular flexibility index (Phi) is 3.75. The average Bonchev–Trinajstić information content (AvgIpc) is 3.22. The molecule has 3 saturated heterocycles. The zero-order valence-electron chi connectivity index (χ0n) is 13.3. The number of hydrogen-bond donors (Lipinski definition) is 1.